The maximum Gasteiger partial charge on any atom is 0.269 e. The smallest absolute Gasteiger partial charge is 0.269 e. The Balaban J connectivity index is 1.45. The fourth-order valence-corrected chi connectivity index (χ4v) is 4.03. The van der Waals surface area contributed by atoms with Crippen molar-refractivity contribution in [1.82, 2.24) is 10.3 Å². The number of hydrazine groups is 1. The van der Waals surface area contributed by atoms with Crippen LogP contribution in [0.1, 0.15) is 31.1 Å². The number of fused-ring (bicyclic) bond motifs is 1. The average molecular weight is 463 g/mol. The van der Waals surface area contributed by atoms with Gasteiger partial charge in [0.15, 0.2) is 5.78 Å². The molecule has 9 nitrogen and oxygen atoms in total. The number of ketones is 2. The number of anilines is 1. The number of carbonyl (C=O) groups is 3. The Kier molecular flexibility index (Phi) is 5.78. The summed E-state index contributed by atoms with van der Waals surface area (Å²) >= 11 is 0. The number of hydrogen-bond donors (Lipinski definition) is 4. The number of benzene rings is 3. The minimum absolute atomic E-state index is 0.0716. The van der Waals surface area contributed by atoms with Crippen molar-refractivity contribution >= 4 is 33.2 Å². The second-order valence-electron chi connectivity index (χ2n) is 7.02. The Hall–Kier alpha value is -4.28. The molecule has 0 atom stereocenters. The molecule has 0 aliphatic heterocycles. The first-order valence-corrected chi connectivity index (χ1v) is 11.1. The minimum Gasteiger partial charge on any atom is -0.507 e. The van der Waals surface area contributed by atoms with Crippen molar-refractivity contribution in [3.8, 4) is 5.75 Å². The van der Waals surface area contributed by atoms with Crippen LogP contribution in [-0.2, 0) is 10.0 Å². The largest absolute Gasteiger partial charge is 0.507 e. The van der Waals surface area contributed by atoms with Crippen LogP contribution in [0, 0.1) is 0 Å². The molecule has 3 aromatic carbocycles. The van der Waals surface area contributed by atoms with Gasteiger partial charge in [0, 0.05) is 22.9 Å². The Morgan fingerprint density at radius 2 is 1.45 bits per heavy atom. The Bertz CT molecular complexity index is 1410. The van der Waals surface area contributed by atoms with Gasteiger partial charge in [0.1, 0.15) is 5.75 Å². The van der Waals surface area contributed by atoms with E-state index in [1.54, 1.807) is 24.3 Å². The van der Waals surface area contributed by atoms with E-state index in [9.17, 15) is 27.9 Å². The number of carbonyl (C=O) groups excluding carboxylic acids is 3. The summed E-state index contributed by atoms with van der Waals surface area (Å²) in [4.78, 5) is 38.8. The molecule has 0 saturated heterocycles. The summed E-state index contributed by atoms with van der Waals surface area (Å²) < 4.78 is 24.9. The van der Waals surface area contributed by atoms with E-state index < -0.39 is 15.9 Å². The van der Waals surface area contributed by atoms with E-state index in [0.717, 1.165) is 0 Å². The summed E-state index contributed by atoms with van der Waals surface area (Å²) in [6, 6.07) is 17.5. The van der Waals surface area contributed by atoms with Crippen LogP contribution in [0.15, 0.2) is 89.5 Å². The number of hydrogen-bond acceptors (Lipinski definition) is 7. The highest BCUT2D eigenvalue weighted by atomic mass is 32.2. The summed E-state index contributed by atoms with van der Waals surface area (Å²) in [5, 5.41) is 12.5. The molecule has 3 aromatic rings. The lowest BCUT2D eigenvalue weighted by Gasteiger charge is -2.16. The van der Waals surface area contributed by atoms with Crippen LogP contribution in [0.4, 0.5) is 5.69 Å². The van der Waals surface area contributed by atoms with E-state index in [1.165, 1.54) is 54.6 Å². The fourth-order valence-electron chi connectivity index (χ4n) is 3.19. The molecule has 0 bridgehead atoms. The maximum atomic E-state index is 12.6. The first-order chi connectivity index (χ1) is 15.8. The third kappa shape index (κ3) is 4.52. The number of amides is 1. The highest BCUT2D eigenvalue weighted by Gasteiger charge is 2.25. The van der Waals surface area contributed by atoms with Gasteiger partial charge in [-0.05, 0) is 36.4 Å². The molecule has 0 heterocycles. The Labute approximate surface area is 188 Å². The second kappa shape index (κ2) is 8.69. The highest BCUT2D eigenvalue weighted by molar-refractivity contribution is 7.89. The molecule has 0 unspecified atom stereocenters. The van der Waals surface area contributed by atoms with Crippen LogP contribution in [-0.4, -0.2) is 31.0 Å². The second-order valence-corrected chi connectivity index (χ2v) is 8.71. The molecule has 10 heteroatoms. The van der Waals surface area contributed by atoms with Crippen molar-refractivity contribution in [2.75, 3.05) is 5.32 Å². The van der Waals surface area contributed by atoms with Crippen LogP contribution in [0.5, 0.6) is 5.75 Å². The molecule has 1 aliphatic rings. The van der Waals surface area contributed by atoms with Crippen LogP contribution in [0.3, 0.4) is 0 Å². The van der Waals surface area contributed by atoms with E-state index in [4.69, 9.17) is 0 Å². The molecular weight excluding hydrogens is 446 g/mol. The van der Waals surface area contributed by atoms with Gasteiger partial charge in [-0.25, -0.2) is 8.42 Å². The first kappa shape index (κ1) is 21.9. The number of Topliss-reactive ketones (excluding diaryl/α,β-unsaturated/α-hetero) is 1. The molecular formula is C23H17N3O6S. The molecule has 33 heavy (non-hydrogen) atoms. The van der Waals surface area contributed by atoms with Crippen molar-refractivity contribution in [1.29, 1.82) is 0 Å². The van der Waals surface area contributed by atoms with Crippen molar-refractivity contribution in [3.63, 3.8) is 0 Å². The third-order valence-electron chi connectivity index (χ3n) is 4.85. The van der Waals surface area contributed by atoms with Gasteiger partial charge < -0.3 is 10.4 Å². The van der Waals surface area contributed by atoms with Gasteiger partial charge in [-0.15, -0.1) is 4.83 Å². The lowest BCUT2D eigenvalue weighted by molar-refractivity contribution is 0.0941. The zero-order chi connectivity index (χ0) is 23.6. The highest BCUT2D eigenvalue weighted by Crippen LogP contribution is 2.23. The number of phenolic OH excluding ortho intramolecular Hbond substituents is 1. The third-order valence-corrected chi connectivity index (χ3v) is 6.11. The minimum atomic E-state index is -4.11. The lowest BCUT2D eigenvalue weighted by Crippen LogP contribution is -2.41. The maximum absolute atomic E-state index is 12.6. The SMILES string of the molecule is O=C(NNS(=O)(=O)c1ccc(NC2=CC(=O)c3ccccc3C2=O)cc1)c1ccccc1O. The predicted octanol–water partition coefficient (Wildman–Crippen LogP) is 2.39. The number of nitrogens with one attached hydrogen (secondary N) is 3. The van der Waals surface area contributed by atoms with Crippen molar-refractivity contribution in [2.24, 2.45) is 0 Å². The van der Waals surface area contributed by atoms with Gasteiger partial charge in [-0.1, -0.05) is 36.4 Å². The van der Waals surface area contributed by atoms with Crippen LogP contribution >= 0.6 is 0 Å². The van der Waals surface area contributed by atoms with Crippen molar-refractivity contribution in [2.45, 2.75) is 4.90 Å². The van der Waals surface area contributed by atoms with Crippen LogP contribution in [0.2, 0.25) is 0 Å². The molecule has 166 valence electrons. The van der Waals surface area contributed by atoms with Gasteiger partial charge >= 0.3 is 0 Å². The molecule has 0 aromatic heterocycles. The summed E-state index contributed by atoms with van der Waals surface area (Å²) in [6.45, 7) is 0. The summed E-state index contributed by atoms with van der Waals surface area (Å²) in [7, 11) is -4.11. The summed E-state index contributed by atoms with van der Waals surface area (Å²) in [6.07, 6.45) is 1.20. The van der Waals surface area contributed by atoms with E-state index in [2.05, 4.69) is 5.32 Å². The topological polar surface area (TPSA) is 142 Å². The number of aromatic hydroxyl groups is 1. The molecule has 1 aliphatic carbocycles. The average Bonchev–Trinajstić information content (AvgIpc) is 2.81. The zero-order valence-electron chi connectivity index (χ0n) is 16.9. The number of sulfonamides is 1. The van der Waals surface area contributed by atoms with E-state index >= 15 is 0 Å². The number of phenols is 1. The first-order valence-electron chi connectivity index (χ1n) is 9.63. The molecule has 0 saturated carbocycles. The molecule has 4 rings (SSSR count). The van der Waals surface area contributed by atoms with Crippen LogP contribution in [0.25, 0.3) is 0 Å². The standard InChI is InChI=1S/C23H17N3O6S/c27-20-8-4-3-7-18(20)23(30)25-26-33(31,32)15-11-9-14(10-12-15)24-19-13-21(28)16-5-1-2-6-17(16)22(19)29/h1-13,24,26-27H,(H,25,30). The normalized spacial score (nSPS) is 13.2. The molecule has 0 fully saturated rings. The Morgan fingerprint density at radius 3 is 2.15 bits per heavy atom. The molecule has 0 spiro atoms. The predicted molar refractivity (Wildman–Crippen MR) is 119 cm³/mol. The fraction of sp³-hybridized carbons (Fsp3) is 0. The lowest BCUT2D eigenvalue weighted by atomic mass is 9.92. The van der Waals surface area contributed by atoms with E-state index in [1.807, 2.05) is 10.3 Å². The molecule has 0 radical (unpaired) electrons. The molecule has 4 N–H and O–H groups in total. The quantitative estimate of drug-likeness (QED) is 0.411. The van der Waals surface area contributed by atoms with E-state index in [0.29, 0.717) is 11.3 Å². The summed E-state index contributed by atoms with van der Waals surface area (Å²) in [5.74, 6) is -1.79. The van der Waals surface area contributed by atoms with E-state index in [-0.39, 0.29) is 39.0 Å². The van der Waals surface area contributed by atoms with Crippen LogP contribution < -0.4 is 15.6 Å². The number of allylic oxidation sites excluding steroid dienone is 2. The monoisotopic (exact) mass is 463 g/mol. The number of rotatable bonds is 6. The Morgan fingerprint density at radius 1 is 0.818 bits per heavy atom. The molecule has 1 amide bonds. The van der Waals surface area contributed by atoms with Gasteiger partial charge in [-0.3, -0.25) is 19.8 Å². The van der Waals surface area contributed by atoms with Gasteiger partial charge in [0.2, 0.25) is 5.78 Å². The van der Waals surface area contributed by atoms with Gasteiger partial charge in [0.25, 0.3) is 15.9 Å². The van der Waals surface area contributed by atoms with Crippen molar-refractivity contribution < 1.29 is 27.9 Å². The van der Waals surface area contributed by atoms with Crippen molar-refractivity contribution in [3.05, 3.63) is 101 Å². The summed E-state index contributed by atoms with van der Waals surface area (Å²) in [5.41, 5.74) is 3.01. The van der Waals surface area contributed by atoms with Gasteiger partial charge in [-0.2, -0.15) is 0 Å². The zero-order valence-corrected chi connectivity index (χ0v) is 17.7. The van der Waals surface area contributed by atoms with Gasteiger partial charge in [0.05, 0.1) is 16.2 Å². The number of para-hydroxylation sites is 1.